The van der Waals surface area contributed by atoms with Crippen molar-refractivity contribution in [3.8, 4) is 0 Å². The van der Waals surface area contributed by atoms with Gasteiger partial charge in [-0.05, 0) is 31.9 Å². The number of aryl methyl sites for hydroxylation is 1. The molecule has 0 saturated carbocycles. The normalized spacial score (nSPS) is 21.8. The van der Waals surface area contributed by atoms with E-state index in [9.17, 15) is 9.59 Å². The van der Waals surface area contributed by atoms with Crippen molar-refractivity contribution in [1.29, 1.82) is 0 Å². The summed E-state index contributed by atoms with van der Waals surface area (Å²) in [7, 11) is 0. The summed E-state index contributed by atoms with van der Waals surface area (Å²) in [4.78, 5) is 24.6. The van der Waals surface area contributed by atoms with E-state index in [4.69, 9.17) is 9.47 Å². The Morgan fingerprint density at radius 1 is 1.10 bits per heavy atom. The minimum absolute atomic E-state index is 0.358. The monoisotopic (exact) mass is 291 g/mol. The van der Waals surface area contributed by atoms with Crippen LogP contribution >= 0.6 is 0 Å². The van der Waals surface area contributed by atoms with E-state index >= 15 is 0 Å². The number of nitrogens with zero attached hydrogens (tertiary/aromatic N) is 1. The molecule has 1 fully saturated rings. The molecule has 0 spiro atoms. The van der Waals surface area contributed by atoms with Gasteiger partial charge in [-0.25, -0.2) is 0 Å². The van der Waals surface area contributed by atoms with E-state index in [-0.39, 0.29) is 11.9 Å². The number of hydrogen-bond donors (Lipinski definition) is 0. The van der Waals surface area contributed by atoms with Crippen molar-refractivity contribution < 1.29 is 19.1 Å². The number of rotatable bonds is 3. The van der Waals surface area contributed by atoms with E-state index < -0.39 is 12.3 Å². The van der Waals surface area contributed by atoms with Gasteiger partial charge in [-0.1, -0.05) is 17.7 Å². The summed E-state index contributed by atoms with van der Waals surface area (Å²) in [6, 6.07) is 8.00. The van der Waals surface area contributed by atoms with Crippen LogP contribution in [0.2, 0.25) is 0 Å². The van der Waals surface area contributed by atoms with Gasteiger partial charge in [0.1, 0.15) is 0 Å². The largest absolute Gasteiger partial charge is 0.456 e. The van der Waals surface area contributed by atoms with Crippen LogP contribution in [0, 0.1) is 6.92 Å². The van der Waals surface area contributed by atoms with Gasteiger partial charge in [0.25, 0.3) is 0 Å². The maximum absolute atomic E-state index is 11.4. The Hall–Kier alpha value is -2.04. The fraction of sp³-hybridized carbons (Fsp3) is 0.500. The number of piperidine rings is 1. The zero-order chi connectivity index (χ0) is 15.4. The summed E-state index contributed by atoms with van der Waals surface area (Å²) < 4.78 is 10.7. The van der Waals surface area contributed by atoms with E-state index in [0.717, 1.165) is 24.2 Å². The van der Waals surface area contributed by atoms with Crippen molar-refractivity contribution in [2.24, 2.45) is 0 Å². The molecule has 0 N–H and O–H groups in total. The topological polar surface area (TPSA) is 55.8 Å². The van der Waals surface area contributed by atoms with Gasteiger partial charge in [-0.2, -0.15) is 0 Å². The second kappa shape index (κ2) is 6.61. The Balaban J connectivity index is 2.25. The highest BCUT2D eigenvalue weighted by molar-refractivity contribution is 5.68. The molecule has 1 aromatic rings. The summed E-state index contributed by atoms with van der Waals surface area (Å²) in [5.74, 6) is -0.737. The fourth-order valence-electron chi connectivity index (χ4n) is 2.59. The van der Waals surface area contributed by atoms with Crippen LogP contribution in [-0.2, 0) is 19.1 Å². The molecule has 0 radical (unpaired) electrons. The Morgan fingerprint density at radius 2 is 1.71 bits per heavy atom. The Kier molecular flexibility index (Phi) is 4.83. The van der Waals surface area contributed by atoms with Crippen LogP contribution in [-0.4, -0.2) is 30.8 Å². The first kappa shape index (κ1) is 15.4. The zero-order valence-electron chi connectivity index (χ0n) is 12.7. The van der Waals surface area contributed by atoms with Gasteiger partial charge < -0.3 is 14.4 Å². The van der Waals surface area contributed by atoms with Gasteiger partial charge in [0, 0.05) is 26.1 Å². The Labute approximate surface area is 124 Å². The number of carbonyl (C=O) groups is 2. The zero-order valence-corrected chi connectivity index (χ0v) is 12.7. The molecule has 0 bridgehead atoms. The van der Waals surface area contributed by atoms with Crippen molar-refractivity contribution in [3.63, 3.8) is 0 Å². The molecule has 114 valence electrons. The average molecular weight is 291 g/mol. The SMILES string of the molecule is CC(=O)O[C@H]1CCCN(c2ccc(C)cc2)[C@H]1OC(C)=O. The summed E-state index contributed by atoms with van der Waals surface area (Å²) >= 11 is 0. The number of ether oxygens (including phenoxy) is 2. The number of benzene rings is 1. The number of anilines is 1. The van der Waals surface area contributed by atoms with Crippen LogP contribution in [0.15, 0.2) is 24.3 Å². The van der Waals surface area contributed by atoms with Crippen LogP contribution in [0.1, 0.15) is 32.3 Å². The smallest absolute Gasteiger partial charge is 0.304 e. The van der Waals surface area contributed by atoms with Crippen LogP contribution in [0.25, 0.3) is 0 Å². The third kappa shape index (κ3) is 3.97. The molecule has 1 saturated heterocycles. The highest BCUT2D eigenvalue weighted by Gasteiger charge is 2.36. The summed E-state index contributed by atoms with van der Waals surface area (Å²) in [5.41, 5.74) is 2.13. The second-order valence-corrected chi connectivity index (χ2v) is 5.32. The van der Waals surface area contributed by atoms with E-state index in [0.29, 0.717) is 6.42 Å². The van der Waals surface area contributed by atoms with Crippen molar-refractivity contribution in [3.05, 3.63) is 29.8 Å². The first-order chi connectivity index (χ1) is 9.97. The fourth-order valence-corrected chi connectivity index (χ4v) is 2.59. The lowest BCUT2D eigenvalue weighted by Gasteiger charge is -2.40. The third-order valence-corrected chi connectivity index (χ3v) is 3.48. The van der Waals surface area contributed by atoms with Gasteiger partial charge >= 0.3 is 11.9 Å². The molecule has 2 rings (SSSR count). The lowest BCUT2D eigenvalue weighted by molar-refractivity contribution is -0.167. The quantitative estimate of drug-likeness (QED) is 0.800. The molecule has 1 heterocycles. The van der Waals surface area contributed by atoms with Crippen LogP contribution in [0.5, 0.6) is 0 Å². The number of hydrogen-bond acceptors (Lipinski definition) is 5. The molecule has 2 atom stereocenters. The van der Waals surface area contributed by atoms with Gasteiger partial charge in [0.15, 0.2) is 6.10 Å². The summed E-state index contributed by atoms with van der Waals surface area (Å²) in [6.45, 7) is 5.52. The van der Waals surface area contributed by atoms with Crippen LogP contribution in [0.4, 0.5) is 5.69 Å². The van der Waals surface area contributed by atoms with Crippen molar-refractivity contribution in [2.45, 2.75) is 45.9 Å². The first-order valence-electron chi connectivity index (χ1n) is 7.15. The molecule has 0 unspecified atom stereocenters. The molecule has 0 amide bonds. The lowest BCUT2D eigenvalue weighted by Crippen LogP contribution is -2.52. The molecule has 1 aromatic carbocycles. The number of esters is 2. The number of carbonyl (C=O) groups excluding carboxylic acids is 2. The molecule has 0 aromatic heterocycles. The molecular formula is C16H21NO4. The van der Waals surface area contributed by atoms with Gasteiger partial charge in [0.2, 0.25) is 6.23 Å². The molecule has 1 aliphatic heterocycles. The first-order valence-corrected chi connectivity index (χ1v) is 7.15. The molecule has 5 heteroatoms. The van der Waals surface area contributed by atoms with Gasteiger partial charge in [-0.15, -0.1) is 0 Å². The Morgan fingerprint density at radius 3 is 2.29 bits per heavy atom. The molecule has 21 heavy (non-hydrogen) atoms. The minimum atomic E-state index is -0.567. The maximum Gasteiger partial charge on any atom is 0.304 e. The molecule has 5 nitrogen and oxygen atoms in total. The standard InChI is InChI=1S/C16H21NO4/c1-11-6-8-14(9-7-11)17-10-4-5-15(20-12(2)18)16(17)21-13(3)19/h6-9,15-16H,4-5,10H2,1-3H3/t15-,16-/m0/s1. The van der Waals surface area contributed by atoms with Gasteiger partial charge in [0.05, 0.1) is 0 Å². The van der Waals surface area contributed by atoms with Gasteiger partial charge in [-0.3, -0.25) is 9.59 Å². The third-order valence-electron chi connectivity index (χ3n) is 3.48. The predicted octanol–water partition coefficient (Wildman–Crippen LogP) is 2.42. The second-order valence-electron chi connectivity index (χ2n) is 5.32. The average Bonchev–Trinajstić information content (AvgIpc) is 2.41. The molecule has 0 aliphatic carbocycles. The molecular weight excluding hydrogens is 270 g/mol. The highest BCUT2D eigenvalue weighted by atomic mass is 16.6. The van der Waals surface area contributed by atoms with Crippen molar-refractivity contribution >= 4 is 17.6 Å². The maximum atomic E-state index is 11.4. The minimum Gasteiger partial charge on any atom is -0.456 e. The van der Waals surface area contributed by atoms with Crippen LogP contribution in [0.3, 0.4) is 0 Å². The van der Waals surface area contributed by atoms with E-state index in [2.05, 4.69) is 0 Å². The van der Waals surface area contributed by atoms with E-state index in [1.165, 1.54) is 13.8 Å². The van der Waals surface area contributed by atoms with E-state index in [1.807, 2.05) is 36.1 Å². The van der Waals surface area contributed by atoms with Crippen molar-refractivity contribution in [2.75, 3.05) is 11.4 Å². The summed E-state index contributed by atoms with van der Waals surface area (Å²) in [5, 5.41) is 0. The van der Waals surface area contributed by atoms with Crippen molar-refractivity contribution in [1.82, 2.24) is 0 Å². The van der Waals surface area contributed by atoms with Crippen LogP contribution < -0.4 is 4.90 Å². The lowest BCUT2D eigenvalue weighted by atomic mass is 10.0. The molecule has 1 aliphatic rings. The summed E-state index contributed by atoms with van der Waals surface area (Å²) in [6.07, 6.45) is 0.577. The van der Waals surface area contributed by atoms with E-state index in [1.54, 1.807) is 0 Å². The highest BCUT2D eigenvalue weighted by Crippen LogP contribution is 2.28. The Bertz CT molecular complexity index is 512. The predicted molar refractivity (Wildman–Crippen MR) is 78.9 cm³/mol.